The standard InChI is InChI=1S/C12H9BrO/c13-11-4-3-8-5-10(12-7-14-12)2-1-9(8)6-11/h1-6,12H,7H2/t12-/m1/s1. The first-order valence-electron chi connectivity index (χ1n) is 4.64. The minimum atomic E-state index is 0.350. The molecule has 3 rings (SSSR count). The number of fused-ring (bicyclic) bond motifs is 1. The molecule has 70 valence electrons. The second-order valence-electron chi connectivity index (χ2n) is 3.57. The van der Waals surface area contributed by atoms with E-state index >= 15 is 0 Å². The van der Waals surface area contributed by atoms with Gasteiger partial charge in [0.1, 0.15) is 6.10 Å². The molecule has 1 heterocycles. The first-order valence-corrected chi connectivity index (χ1v) is 5.43. The lowest BCUT2D eigenvalue weighted by atomic mass is 10.1. The molecule has 2 aromatic carbocycles. The summed E-state index contributed by atoms with van der Waals surface area (Å²) in [7, 11) is 0. The van der Waals surface area contributed by atoms with Crippen molar-refractivity contribution in [2.75, 3.05) is 6.61 Å². The lowest BCUT2D eigenvalue weighted by molar-refractivity contribution is 0.416. The molecule has 1 aliphatic rings. The average molecular weight is 249 g/mol. The Hall–Kier alpha value is -0.860. The molecule has 1 atom stereocenters. The molecule has 0 saturated carbocycles. The van der Waals surface area contributed by atoms with E-state index < -0.39 is 0 Å². The van der Waals surface area contributed by atoms with Gasteiger partial charge in [-0.05, 0) is 34.5 Å². The third-order valence-corrected chi connectivity index (χ3v) is 3.02. The number of benzene rings is 2. The summed E-state index contributed by atoms with van der Waals surface area (Å²) in [5.41, 5.74) is 1.29. The lowest BCUT2D eigenvalue weighted by Crippen LogP contribution is -1.80. The van der Waals surface area contributed by atoms with E-state index in [1.165, 1.54) is 16.3 Å². The molecule has 1 nitrogen and oxygen atoms in total. The van der Waals surface area contributed by atoms with Gasteiger partial charge in [-0.3, -0.25) is 0 Å². The average Bonchev–Trinajstić information content (AvgIpc) is 3.00. The van der Waals surface area contributed by atoms with Gasteiger partial charge in [0.2, 0.25) is 0 Å². The zero-order valence-electron chi connectivity index (χ0n) is 7.53. The van der Waals surface area contributed by atoms with Gasteiger partial charge in [-0.1, -0.05) is 34.1 Å². The van der Waals surface area contributed by atoms with Crippen LogP contribution in [0.2, 0.25) is 0 Å². The van der Waals surface area contributed by atoms with Crippen LogP contribution in [0.25, 0.3) is 10.8 Å². The van der Waals surface area contributed by atoms with E-state index in [1.54, 1.807) is 0 Å². The van der Waals surface area contributed by atoms with Crippen molar-refractivity contribution in [2.45, 2.75) is 6.10 Å². The molecule has 1 saturated heterocycles. The maximum atomic E-state index is 5.26. The van der Waals surface area contributed by atoms with Crippen LogP contribution >= 0.6 is 15.9 Å². The zero-order valence-corrected chi connectivity index (χ0v) is 9.12. The van der Waals surface area contributed by atoms with Crippen LogP contribution in [0.4, 0.5) is 0 Å². The van der Waals surface area contributed by atoms with Crippen molar-refractivity contribution < 1.29 is 4.74 Å². The van der Waals surface area contributed by atoms with E-state index in [1.807, 2.05) is 0 Å². The van der Waals surface area contributed by atoms with Crippen LogP contribution in [0.3, 0.4) is 0 Å². The van der Waals surface area contributed by atoms with Crippen molar-refractivity contribution in [1.29, 1.82) is 0 Å². The third-order valence-electron chi connectivity index (χ3n) is 2.53. The summed E-state index contributed by atoms with van der Waals surface area (Å²) in [6.07, 6.45) is 0.350. The fourth-order valence-electron chi connectivity index (χ4n) is 1.68. The van der Waals surface area contributed by atoms with Gasteiger partial charge in [-0.25, -0.2) is 0 Å². The Morgan fingerprint density at radius 1 is 1.07 bits per heavy atom. The second-order valence-corrected chi connectivity index (χ2v) is 4.49. The highest BCUT2D eigenvalue weighted by Gasteiger charge is 2.24. The molecule has 1 fully saturated rings. The fraction of sp³-hybridized carbons (Fsp3) is 0.167. The van der Waals surface area contributed by atoms with Crippen molar-refractivity contribution in [3.63, 3.8) is 0 Å². The summed E-state index contributed by atoms with van der Waals surface area (Å²) in [6, 6.07) is 12.8. The van der Waals surface area contributed by atoms with Crippen LogP contribution in [0.5, 0.6) is 0 Å². The molecule has 2 heteroatoms. The van der Waals surface area contributed by atoms with Crippen molar-refractivity contribution in [2.24, 2.45) is 0 Å². The Morgan fingerprint density at radius 2 is 1.79 bits per heavy atom. The van der Waals surface area contributed by atoms with E-state index in [0.717, 1.165) is 11.1 Å². The predicted molar refractivity (Wildman–Crippen MR) is 60.3 cm³/mol. The number of ether oxygens (including phenoxy) is 1. The molecule has 0 aromatic heterocycles. The summed E-state index contributed by atoms with van der Waals surface area (Å²) >= 11 is 3.47. The molecule has 1 aliphatic heterocycles. The van der Waals surface area contributed by atoms with Gasteiger partial charge in [0.15, 0.2) is 0 Å². The molecule has 0 amide bonds. The largest absolute Gasteiger partial charge is 0.368 e. The number of rotatable bonds is 1. The van der Waals surface area contributed by atoms with Crippen LogP contribution < -0.4 is 0 Å². The van der Waals surface area contributed by atoms with Crippen molar-refractivity contribution in [3.05, 3.63) is 46.4 Å². The summed E-state index contributed by atoms with van der Waals surface area (Å²) in [5.74, 6) is 0. The van der Waals surface area contributed by atoms with Gasteiger partial charge in [0, 0.05) is 4.47 Å². The molecular formula is C12H9BrO. The SMILES string of the molecule is Brc1ccc2cc([C@H]3CO3)ccc2c1. The molecule has 2 aromatic rings. The number of hydrogen-bond donors (Lipinski definition) is 0. The molecule has 0 aliphatic carbocycles. The maximum absolute atomic E-state index is 5.26. The van der Waals surface area contributed by atoms with Crippen LogP contribution in [0, 0.1) is 0 Å². The van der Waals surface area contributed by atoms with Crippen molar-refractivity contribution in [1.82, 2.24) is 0 Å². The third kappa shape index (κ3) is 1.45. The lowest BCUT2D eigenvalue weighted by Gasteiger charge is -2.01. The molecule has 0 radical (unpaired) electrons. The minimum Gasteiger partial charge on any atom is -0.368 e. The first-order chi connectivity index (χ1) is 6.83. The van der Waals surface area contributed by atoms with Gasteiger partial charge in [0.05, 0.1) is 6.61 Å². The smallest absolute Gasteiger partial charge is 0.106 e. The van der Waals surface area contributed by atoms with E-state index in [-0.39, 0.29) is 0 Å². The summed E-state index contributed by atoms with van der Waals surface area (Å²) in [4.78, 5) is 0. The predicted octanol–water partition coefficient (Wildman–Crippen LogP) is 3.67. The monoisotopic (exact) mass is 248 g/mol. The normalized spacial score (nSPS) is 19.9. The van der Waals surface area contributed by atoms with Gasteiger partial charge in [-0.15, -0.1) is 0 Å². The van der Waals surface area contributed by atoms with Gasteiger partial charge in [-0.2, -0.15) is 0 Å². The second kappa shape index (κ2) is 3.07. The number of hydrogen-bond acceptors (Lipinski definition) is 1. The topological polar surface area (TPSA) is 12.5 Å². The Labute approximate surface area is 90.8 Å². The number of halogens is 1. The highest BCUT2D eigenvalue weighted by molar-refractivity contribution is 9.10. The van der Waals surface area contributed by atoms with Crippen molar-refractivity contribution >= 4 is 26.7 Å². The molecule has 0 N–H and O–H groups in total. The molecule has 0 unspecified atom stereocenters. The highest BCUT2D eigenvalue weighted by Crippen LogP contribution is 2.32. The van der Waals surface area contributed by atoms with Gasteiger partial charge < -0.3 is 4.74 Å². The highest BCUT2D eigenvalue weighted by atomic mass is 79.9. The Bertz CT molecular complexity index is 489. The molecule has 0 spiro atoms. The molecule has 0 bridgehead atoms. The Balaban J connectivity index is 2.18. The molecule has 14 heavy (non-hydrogen) atoms. The van der Waals surface area contributed by atoms with E-state index in [2.05, 4.69) is 52.3 Å². The van der Waals surface area contributed by atoms with Crippen LogP contribution in [0.1, 0.15) is 11.7 Å². The van der Waals surface area contributed by atoms with Gasteiger partial charge in [0.25, 0.3) is 0 Å². The van der Waals surface area contributed by atoms with Crippen LogP contribution in [-0.4, -0.2) is 6.61 Å². The Morgan fingerprint density at radius 3 is 2.57 bits per heavy atom. The first kappa shape index (κ1) is 8.45. The van der Waals surface area contributed by atoms with E-state index in [4.69, 9.17) is 4.74 Å². The van der Waals surface area contributed by atoms with Crippen LogP contribution in [0.15, 0.2) is 40.9 Å². The number of epoxide rings is 1. The Kier molecular flexibility index (Phi) is 1.85. The van der Waals surface area contributed by atoms with E-state index in [0.29, 0.717) is 6.10 Å². The summed E-state index contributed by atoms with van der Waals surface area (Å²) in [6.45, 7) is 0.877. The maximum Gasteiger partial charge on any atom is 0.106 e. The summed E-state index contributed by atoms with van der Waals surface area (Å²) < 4.78 is 6.38. The van der Waals surface area contributed by atoms with Crippen LogP contribution in [-0.2, 0) is 4.74 Å². The minimum absolute atomic E-state index is 0.350. The zero-order chi connectivity index (χ0) is 9.54. The van der Waals surface area contributed by atoms with Gasteiger partial charge >= 0.3 is 0 Å². The fourth-order valence-corrected chi connectivity index (χ4v) is 2.05. The molecular weight excluding hydrogens is 240 g/mol. The van der Waals surface area contributed by atoms with E-state index in [9.17, 15) is 0 Å². The summed E-state index contributed by atoms with van der Waals surface area (Å²) in [5, 5.41) is 2.55. The quantitative estimate of drug-likeness (QED) is 0.702. The van der Waals surface area contributed by atoms with Crippen molar-refractivity contribution in [3.8, 4) is 0 Å².